The predicted octanol–water partition coefficient (Wildman–Crippen LogP) is 3.04. The molecule has 1 saturated carbocycles. The molecule has 6 nitrogen and oxygen atoms in total. The summed E-state index contributed by atoms with van der Waals surface area (Å²) in [5.41, 5.74) is 1.94. The SMILES string of the molecule is N#CCC1(N2CCC(N[C@@H]3C[C@H]3c3ccccc3)CC2)CN(c2ncccc2C#N)C1. The fraction of sp³-hybridized carbons (Fsp3) is 0.480. The number of piperidine rings is 1. The van der Waals surface area contributed by atoms with Crippen LogP contribution in [-0.4, -0.2) is 53.7 Å². The third-order valence-electron chi connectivity index (χ3n) is 7.22. The van der Waals surface area contributed by atoms with E-state index >= 15 is 0 Å². The van der Waals surface area contributed by atoms with E-state index in [1.165, 1.54) is 12.0 Å². The second kappa shape index (κ2) is 8.30. The molecule has 1 aromatic carbocycles. The molecule has 0 radical (unpaired) electrons. The first-order chi connectivity index (χ1) is 15.2. The zero-order valence-electron chi connectivity index (χ0n) is 17.7. The highest BCUT2D eigenvalue weighted by molar-refractivity contribution is 5.56. The summed E-state index contributed by atoms with van der Waals surface area (Å²) in [5, 5.41) is 22.8. The van der Waals surface area contributed by atoms with Crippen molar-refractivity contribution < 1.29 is 0 Å². The van der Waals surface area contributed by atoms with E-state index in [-0.39, 0.29) is 5.54 Å². The van der Waals surface area contributed by atoms with Gasteiger partial charge in [-0.3, -0.25) is 4.90 Å². The van der Waals surface area contributed by atoms with Crippen LogP contribution >= 0.6 is 0 Å². The largest absolute Gasteiger partial charge is 0.352 e. The Morgan fingerprint density at radius 2 is 1.84 bits per heavy atom. The van der Waals surface area contributed by atoms with E-state index in [2.05, 4.69) is 62.6 Å². The van der Waals surface area contributed by atoms with Gasteiger partial charge in [-0.1, -0.05) is 30.3 Å². The van der Waals surface area contributed by atoms with Crippen molar-refractivity contribution in [3.63, 3.8) is 0 Å². The topological polar surface area (TPSA) is 79.0 Å². The van der Waals surface area contributed by atoms with E-state index in [1.54, 1.807) is 12.3 Å². The molecule has 0 amide bonds. The molecule has 3 aliphatic rings. The lowest BCUT2D eigenvalue weighted by molar-refractivity contribution is 0.0353. The molecule has 1 N–H and O–H groups in total. The van der Waals surface area contributed by atoms with Gasteiger partial charge in [-0.25, -0.2) is 4.98 Å². The molecular formula is C25H28N6. The molecule has 1 aliphatic carbocycles. The van der Waals surface area contributed by atoms with Crippen LogP contribution in [0.2, 0.25) is 0 Å². The Kier molecular flexibility index (Phi) is 5.36. The van der Waals surface area contributed by atoms with E-state index in [0.717, 1.165) is 44.8 Å². The van der Waals surface area contributed by atoms with Crippen molar-refractivity contribution in [2.75, 3.05) is 31.1 Å². The predicted molar refractivity (Wildman–Crippen MR) is 119 cm³/mol. The molecule has 0 spiro atoms. The van der Waals surface area contributed by atoms with Gasteiger partial charge >= 0.3 is 0 Å². The Hall–Kier alpha value is -2.93. The second-order valence-corrected chi connectivity index (χ2v) is 9.19. The lowest BCUT2D eigenvalue weighted by atomic mass is 9.82. The first kappa shape index (κ1) is 20.0. The number of likely N-dealkylation sites (tertiary alicyclic amines) is 1. The van der Waals surface area contributed by atoms with E-state index in [0.29, 0.717) is 30.0 Å². The average molecular weight is 413 g/mol. The van der Waals surface area contributed by atoms with Crippen molar-refractivity contribution in [2.45, 2.75) is 49.2 Å². The molecule has 0 bridgehead atoms. The smallest absolute Gasteiger partial charge is 0.146 e. The quantitative estimate of drug-likeness (QED) is 0.786. The number of rotatable bonds is 6. The van der Waals surface area contributed by atoms with Gasteiger partial charge in [-0.05, 0) is 37.0 Å². The van der Waals surface area contributed by atoms with Gasteiger partial charge in [0, 0.05) is 50.4 Å². The number of anilines is 1. The summed E-state index contributed by atoms with van der Waals surface area (Å²) < 4.78 is 0. The first-order valence-corrected chi connectivity index (χ1v) is 11.3. The van der Waals surface area contributed by atoms with Crippen LogP contribution in [0.15, 0.2) is 48.7 Å². The van der Waals surface area contributed by atoms with Crippen LogP contribution in [0.1, 0.15) is 42.7 Å². The van der Waals surface area contributed by atoms with Crippen LogP contribution in [0.25, 0.3) is 0 Å². The Morgan fingerprint density at radius 3 is 2.55 bits per heavy atom. The van der Waals surface area contributed by atoms with Crippen molar-refractivity contribution in [2.24, 2.45) is 0 Å². The zero-order chi connectivity index (χ0) is 21.3. The molecule has 31 heavy (non-hydrogen) atoms. The number of pyridine rings is 1. The summed E-state index contributed by atoms with van der Waals surface area (Å²) in [5.74, 6) is 1.41. The van der Waals surface area contributed by atoms with E-state index in [1.807, 2.05) is 6.07 Å². The lowest BCUT2D eigenvalue weighted by Crippen LogP contribution is -2.72. The highest BCUT2D eigenvalue weighted by Crippen LogP contribution is 2.42. The van der Waals surface area contributed by atoms with Crippen LogP contribution in [0, 0.1) is 22.7 Å². The molecule has 5 rings (SSSR count). The Morgan fingerprint density at radius 1 is 1.06 bits per heavy atom. The van der Waals surface area contributed by atoms with Crippen LogP contribution < -0.4 is 10.2 Å². The van der Waals surface area contributed by atoms with Crippen LogP contribution in [0.5, 0.6) is 0 Å². The first-order valence-electron chi connectivity index (χ1n) is 11.3. The second-order valence-electron chi connectivity index (χ2n) is 9.19. The maximum absolute atomic E-state index is 9.50. The van der Waals surface area contributed by atoms with Crippen molar-refractivity contribution >= 4 is 5.82 Å². The number of hydrogen-bond acceptors (Lipinski definition) is 6. The number of nitriles is 2. The molecule has 2 aliphatic heterocycles. The standard InChI is InChI=1S/C25H28N6/c26-11-10-25(17-30(18-25)24-20(16-27)7-4-12-28-24)31-13-8-21(9-14-31)29-23-15-22(23)19-5-2-1-3-6-19/h1-7,12,21-23,29H,8-10,13-15,17-18H2/t22-,23+/m0/s1. The van der Waals surface area contributed by atoms with Gasteiger partial charge in [0.05, 0.1) is 23.6 Å². The van der Waals surface area contributed by atoms with Crippen molar-refractivity contribution in [1.29, 1.82) is 10.5 Å². The molecule has 3 heterocycles. The maximum Gasteiger partial charge on any atom is 0.146 e. The molecule has 2 saturated heterocycles. The minimum atomic E-state index is -0.115. The molecule has 2 atom stereocenters. The summed E-state index contributed by atoms with van der Waals surface area (Å²) in [6.45, 7) is 3.57. The highest BCUT2D eigenvalue weighted by atomic mass is 15.4. The lowest BCUT2D eigenvalue weighted by Gasteiger charge is -2.57. The summed E-state index contributed by atoms with van der Waals surface area (Å²) in [6, 6.07) is 20.2. The number of aromatic nitrogens is 1. The zero-order valence-corrected chi connectivity index (χ0v) is 17.7. The van der Waals surface area contributed by atoms with Crippen LogP contribution in [0.4, 0.5) is 5.82 Å². The van der Waals surface area contributed by atoms with Crippen LogP contribution in [0.3, 0.4) is 0 Å². The summed E-state index contributed by atoms with van der Waals surface area (Å²) in [4.78, 5) is 9.08. The van der Waals surface area contributed by atoms with Gasteiger partial charge in [-0.15, -0.1) is 0 Å². The van der Waals surface area contributed by atoms with Gasteiger partial charge in [-0.2, -0.15) is 10.5 Å². The normalized spacial score (nSPS) is 25.3. The van der Waals surface area contributed by atoms with Gasteiger partial charge in [0.15, 0.2) is 0 Å². The van der Waals surface area contributed by atoms with Gasteiger partial charge in [0.1, 0.15) is 11.9 Å². The monoisotopic (exact) mass is 412 g/mol. The third-order valence-corrected chi connectivity index (χ3v) is 7.22. The van der Waals surface area contributed by atoms with Gasteiger partial charge in [0.25, 0.3) is 0 Å². The Balaban J connectivity index is 1.16. The number of hydrogen-bond donors (Lipinski definition) is 1. The average Bonchev–Trinajstić information content (AvgIpc) is 3.56. The van der Waals surface area contributed by atoms with Crippen molar-refractivity contribution in [3.8, 4) is 12.1 Å². The minimum Gasteiger partial charge on any atom is -0.352 e. The summed E-state index contributed by atoms with van der Waals surface area (Å²) in [7, 11) is 0. The number of nitrogens with zero attached hydrogens (tertiary/aromatic N) is 5. The van der Waals surface area contributed by atoms with E-state index in [4.69, 9.17) is 0 Å². The number of nitrogens with one attached hydrogen (secondary N) is 1. The number of benzene rings is 1. The third kappa shape index (κ3) is 3.90. The minimum absolute atomic E-state index is 0.115. The Bertz CT molecular complexity index is 993. The van der Waals surface area contributed by atoms with Crippen LogP contribution in [-0.2, 0) is 0 Å². The summed E-state index contributed by atoms with van der Waals surface area (Å²) in [6.07, 6.45) is 5.74. The molecule has 158 valence electrons. The van der Waals surface area contributed by atoms with E-state index < -0.39 is 0 Å². The highest BCUT2D eigenvalue weighted by Gasteiger charge is 2.49. The van der Waals surface area contributed by atoms with Crippen molar-refractivity contribution in [3.05, 3.63) is 59.8 Å². The van der Waals surface area contributed by atoms with Gasteiger partial charge < -0.3 is 10.2 Å². The van der Waals surface area contributed by atoms with Crippen molar-refractivity contribution in [1.82, 2.24) is 15.2 Å². The molecular weight excluding hydrogens is 384 g/mol. The molecule has 6 heteroatoms. The fourth-order valence-electron chi connectivity index (χ4n) is 5.39. The maximum atomic E-state index is 9.50. The molecule has 0 unspecified atom stereocenters. The Labute approximate surface area is 184 Å². The van der Waals surface area contributed by atoms with Gasteiger partial charge in [0.2, 0.25) is 0 Å². The summed E-state index contributed by atoms with van der Waals surface area (Å²) >= 11 is 0. The molecule has 1 aromatic heterocycles. The molecule has 3 fully saturated rings. The van der Waals surface area contributed by atoms with E-state index in [9.17, 15) is 10.5 Å². The fourth-order valence-corrected chi connectivity index (χ4v) is 5.39. The molecule has 2 aromatic rings.